The summed E-state index contributed by atoms with van der Waals surface area (Å²) < 4.78 is 35.6. The van der Waals surface area contributed by atoms with E-state index in [4.69, 9.17) is 16.3 Å². The molecular weight excluding hydrogens is 608 g/mol. The van der Waals surface area contributed by atoms with Crippen LogP contribution in [0, 0.1) is 18.3 Å². The highest BCUT2D eigenvalue weighted by molar-refractivity contribution is 6.35. The van der Waals surface area contributed by atoms with Crippen molar-refractivity contribution in [1.82, 2.24) is 20.0 Å². The zero-order valence-corrected chi connectivity index (χ0v) is 27.4. The Morgan fingerprint density at radius 2 is 1.64 bits per heavy atom. The fourth-order valence-corrected chi connectivity index (χ4v) is 7.16. The largest absolute Gasteiger partial charge is 0.444 e. The number of piperidine rings is 3. The van der Waals surface area contributed by atoms with Crippen molar-refractivity contribution in [2.45, 2.75) is 77.7 Å². The lowest BCUT2D eigenvalue weighted by molar-refractivity contribution is -0.120. The van der Waals surface area contributed by atoms with Crippen molar-refractivity contribution in [1.29, 1.82) is 0 Å². The molecule has 0 bridgehead atoms. The van der Waals surface area contributed by atoms with E-state index in [1.165, 1.54) is 4.90 Å². The van der Waals surface area contributed by atoms with E-state index in [0.29, 0.717) is 41.5 Å². The van der Waals surface area contributed by atoms with Crippen LogP contribution in [-0.2, 0) is 9.53 Å². The number of anilines is 1. The van der Waals surface area contributed by atoms with Gasteiger partial charge in [-0.05, 0) is 96.0 Å². The van der Waals surface area contributed by atoms with Crippen LogP contribution >= 0.6 is 11.6 Å². The molecule has 0 aliphatic carbocycles. The Hall–Kier alpha value is -2.99. The van der Waals surface area contributed by atoms with Gasteiger partial charge in [-0.25, -0.2) is 18.4 Å². The van der Waals surface area contributed by atoms with E-state index in [1.54, 1.807) is 39.8 Å². The van der Waals surface area contributed by atoms with Crippen LogP contribution in [0.3, 0.4) is 0 Å². The number of urea groups is 1. The predicted octanol–water partition coefficient (Wildman–Crippen LogP) is 5.31. The van der Waals surface area contributed by atoms with Gasteiger partial charge in [0.05, 0.1) is 17.3 Å². The number of ether oxygens (including phenoxy) is 1. The van der Waals surface area contributed by atoms with Crippen LogP contribution in [0.4, 0.5) is 24.1 Å². The molecule has 10 nitrogen and oxygen atoms in total. The van der Waals surface area contributed by atoms with Crippen LogP contribution in [-0.4, -0.2) is 103 Å². The Bertz CT molecular complexity index is 1330. The number of nitrogens with one attached hydrogen (secondary N) is 1. The van der Waals surface area contributed by atoms with E-state index < -0.39 is 36.1 Å². The number of alkyl halides is 2. The number of likely N-dealkylation sites (tertiary alicyclic amines) is 3. The van der Waals surface area contributed by atoms with E-state index >= 15 is 8.78 Å². The molecule has 4 aliphatic heterocycles. The third-order valence-electron chi connectivity index (χ3n) is 9.73. The lowest BCUT2D eigenvalue weighted by Gasteiger charge is -2.48. The van der Waals surface area contributed by atoms with Crippen LogP contribution in [0.15, 0.2) is 12.1 Å². The molecule has 1 N–H and O–H groups in total. The number of halogens is 3. The van der Waals surface area contributed by atoms with E-state index in [9.17, 15) is 19.2 Å². The van der Waals surface area contributed by atoms with Gasteiger partial charge >= 0.3 is 12.1 Å². The summed E-state index contributed by atoms with van der Waals surface area (Å²) in [7, 11) is 0. The molecule has 0 aromatic heterocycles. The van der Waals surface area contributed by atoms with Crippen molar-refractivity contribution in [2.75, 3.05) is 57.3 Å². The summed E-state index contributed by atoms with van der Waals surface area (Å²) in [5, 5.41) is 2.66. The van der Waals surface area contributed by atoms with Gasteiger partial charge in [-0.2, -0.15) is 0 Å². The number of hydrogen-bond acceptors (Lipinski definition) is 6. The summed E-state index contributed by atoms with van der Waals surface area (Å²) in [6.07, 6.45) is 3.16. The maximum absolute atomic E-state index is 15.1. The van der Waals surface area contributed by atoms with Crippen molar-refractivity contribution in [3.05, 3.63) is 28.3 Å². The number of hydrogen-bond donors (Lipinski definition) is 1. The molecule has 1 atom stereocenters. The highest BCUT2D eigenvalue weighted by atomic mass is 35.5. The van der Waals surface area contributed by atoms with Crippen molar-refractivity contribution >= 4 is 41.2 Å². The third-order valence-corrected chi connectivity index (χ3v) is 10.2. The highest BCUT2D eigenvalue weighted by Gasteiger charge is 2.48. The number of aryl methyl sites for hydroxylation is 1. The maximum atomic E-state index is 15.1. The molecule has 4 fully saturated rings. The maximum Gasteiger partial charge on any atom is 0.410 e. The van der Waals surface area contributed by atoms with Gasteiger partial charge in [0.2, 0.25) is 5.91 Å². The summed E-state index contributed by atoms with van der Waals surface area (Å²) in [6.45, 7) is 9.74. The number of amides is 5. The summed E-state index contributed by atoms with van der Waals surface area (Å²) in [5.41, 5.74) is 0.873. The molecule has 0 radical (unpaired) electrons. The first-order valence-electron chi connectivity index (χ1n) is 15.8. The Labute approximate surface area is 268 Å². The zero-order chi connectivity index (χ0) is 32.7. The fourth-order valence-electron chi connectivity index (χ4n) is 6.95. The summed E-state index contributed by atoms with van der Waals surface area (Å²) in [5.74, 6) is -4.26. The van der Waals surface area contributed by atoms with E-state index in [-0.39, 0.29) is 43.2 Å². The summed E-state index contributed by atoms with van der Waals surface area (Å²) >= 11 is 6.52. The molecule has 4 aliphatic rings. The summed E-state index contributed by atoms with van der Waals surface area (Å²) in [4.78, 5) is 56.5. The van der Waals surface area contributed by atoms with Gasteiger partial charge in [0.1, 0.15) is 5.60 Å². The van der Waals surface area contributed by atoms with Crippen LogP contribution in [0.2, 0.25) is 5.02 Å². The molecule has 0 unspecified atom stereocenters. The first-order valence-corrected chi connectivity index (χ1v) is 16.2. The average Bonchev–Trinajstić information content (AvgIpc) is 2.96. The highest BCUT2D eigenvalue weighted by Crippen LogP contribution is 2.43. The van der Waals surface area contributed by atoms with Gasteiger partial charge in [-0.1, -0.05) is 11.6 Å². The minimum Gasteiger partial charge on any atom is -0.444 e. The second kappa shape index (κ2) is 12.7. The van der Waals surface area contributed by atoms with Gasteiger partial charge in [0, 0.05) is 50.6 Å². The van der Waals surface area contributed by atoms with Crippen LogP contribution in [0.25, 0.3) is 0 Å². The lowest BCUT2D eigenvalue weighted by atomic mass is 9.71. The standard InChI is InChI=1S/C32H44ClF2N5O5/c1-21-17-22(18-24(26(21)33)40-12-6-25(41)36-28(40)43)27(42)38-15-9-31(10-16-38)7-13-37(14-8-31)19-23-5-11-39(20-32(23,34)35)29(44)45-30(2,3)4/h17-18,23H,5-16,19-20H2,1-4H3,(H,36,41,43)/t23-/m0/s1. The van der Waals surface area contributed by atoms with Gasteiger partial charge < -0.3 is 19.4 Å². The third kappa shape index (κ3) is 7.53. The quantitative estimate of drug-likeness (QED) is 0.474. The number of rotatable bonds is 4. The molecule has 5 rings (SSSR count). The molecule has 13 heteroatoms. The minimum atomic E-state index is -2.98. The number of benzene rings is 1. The first-order chi connectivity index (χ1) is 21.1. The second-order valence-electron chi connectivity index (χ2n) is 14.1. The van der Waals surface area contributed by atoms with Crippen molar-refractivity contribution in [3.8, 4) is 0 Å². The van der Waals surface area contributed by atoms with Crippen molar-refractivity contribution in [3.63, 3.8) is 0 Å². The Morgan fingerprint density at radius 1 is 1.00 bits per heavy atom. The number of carbonyl (C=O) groups excluding carboxylic acids is 4. The van der Waals surface area contributed by atoms with Gasteiger partial charge in [0.15, 0.2) is 0 Å². The Balaban J connectivity index is 1.13. The first kappa shape index (κ1) is 33.4. The monoisotopic (exact) mass is 651 g/mol. The predicted molar refractivity (Wildman–Crippen MR) is 166 cm³/mol. The minimum absolute atomic E-state index is 0.0787. The molecule has 0 saturated carbocycles. The van der Waals surface area contributed by atoms with Crippen molar-refractivity contribution in [2.24, 2.45) is 11.3 Å². The molecule has 5 amide bonds. The summed E-state index contributed by atoms with van der Waals surface area (Å²) in [6, 6.07) is 2.81. The number of nitrogens with zero attached hydrogens (tertiary/aromatic N) is 4. The van der Waals surface area contributed by atoms with Gasteiger partial charge in [-0.3, -0.25) is 19.8 Å². The topological polar surface area (TPSA) is 102 Å². The molecule has 4 saturated heterocycles. The number of carbonyl (C=O) groups is 4. The SMILES string of the molecule is Cc1cc(C(=O)N2CCC3(CCN(C[C@@H]4CCN(C(=O)OC(C)(C)C)CC4(F)F)CC3)CC2)cc(N2CCC(=O)NC2=O)c1Cl. The molecule has 1 aromatic rings. The van der Waals surface area contributed by atoms with E-state index in [0.717, 1.165) is 43.7 Å². The zero-order valence-electron chi connectivity index (χ0n) is 26.6. The smallest absolute Gasteiger partial charge is 0.410 e. The van der Waals surface area contributed by atoms with Gasteiger partial charge in [-0.15, -0.1) is 0 Å². The number of imide groups is 1. The van der Waals surface area contributed by atoms with E-state index in [2.05, 4.69) is 10.2 Å². The molecular formula is C32H44ClF2N5O5. The molecule has 1 aromatic carbocycles. The van der Waals surface area contributed by atoms with Gasteiger partial charge in [0.25, 0.3) is 11.8 Å². The normalized spacial score (nSPS) is 24.1. The fraction of sp³-hybridized carbons (Fsp3) is 0.688. The van der Waals surface area contributed by atoms with Crippen molar-refractivity contribution < 1.29 is 32.7 Å². The Kier molecular flexibility index (Phi) is 9.39. The van der Waals surface area contributed by atoms with Crippen LogP contribution in [0.5, 0.6) is 0 Å². The average molecular weight is 652 g/mol. The molecule has 4 heterocycles. The van der Waals surface area contributed by atoms with E-state index in [1.807, 2.05) is 4.90 Å². The van der Waals surface area contributed by atoms with Crippen LogP contribution < -0.4 is 10.2 Å². The molecule has 1 spiro atoms. The lowest BCUT2D eigenvalue weighted by Crippen LogP contribution is -2.55. The molecule has 45 heavy (non-hydrogen) atoms. The Morgan fingerprint density at radius 3 is 2.24 bits per heavy atom. The van der Waals surface area contributed by atoms with Crippen LogP contribution in [0.1, 0.15) is 75.2 Å². The molecule has 248 valence electrons. The second-order valence-corrected chi connectivity index (χ2v) is 14.5.